The van der Waals surface area contributed by atoms with Crippen LogP contribution in [0.25, 0.3) is 0 Å². The maximum atomic E-state index is 12.1. The highest BCUT2D eigenvalue weighted by Gasteiger charge is 2.14. The van der Waals surface area contributed by atoms with Crippen LogP contribution in [0, 0.1) is 0 Å². The SMILES string of the molecule is O=C(N/N=C/c1cc(Cl)ccc1O)c1ccc2c(c1)OCCO2. The second kappa shape index (κ2) is 6.58. The van der Waals surface area contributed by atoms with E-state index in [1.807, 2.05) is 0 Å². The van der Waals surface area contributed by atoms with Crippen molar-refractivity contribution < 1.29 is 19.4 Å². The lowest BCUT2D eigenvalue weighted by atomic mass is 10.2. The van der Waals surface area contributed by atoms with Crippen molar-refractivity contribution in [3.63, 3.8) is 0 Å². The summed E-state index contributed by atoms with van der Waals surface area (Å²) in [6.07, 6.45) is 1.32. The Morgan fingerprint density at radius 1 is 1.17 bits per heavy atom. The normalized spacial score (nSPS) is 13.1. The molecule has 0 fully saturated rings. The molecule has 0 spiro atoms. The molecule has 2 N–H and O–H groups in total. The van der Waals surface area contributed by atoms with E-state index in [1.165, 1.54) is 18.3 Å². The van der Waals surface area contributed by atoms with Crippen molar-refractivity contribution in [3.8, 4) is 17.2 Å². The topological polar surface area (TPSA) is 80.2 Å². The van der Waals surface area contributed by atoms with E-state index in [0.29, 0.717) is 40.9 Å². The number of nitrogens with zero attached hydrogens (tertiary/aromatic N) is 1. The molecule has 1 heterocycles. The fourth-order valence-corrected chi connectivity index (χ4v) is 2.22. The standard InChI is InChI=1S/C16H13ClN2O4/c17-12-2-3-13(20)11(7-12)9-18-19-16(21)10-1-4-14-15(8-10)23-6-5-22-14/h1-4,7-9,20H,5-6H2,(H,19,21)/b18-9+. The summed E-state index contributed by atoms with van der Waals surface area (Å²) in [5, 5.41) is 13.9. The van der Waals surface area contributed by atoms with E-state index in [4.69, 9.17) is 21.1 Å². The molecule has 3 rings (SSSR count). The smallest absolute Gasteiger partial charge is 0.271 e. The van der Waals surface area contributed by atoms with Gasteiger partial charge in [-0.25, -0.2) is 5.43 Å². The minimum atomic E-state index is -0.403. The van der Waals surface area contributed by atoms with Crippen molar-refractivity contribution in [1.82, 2.24) is 5.43 Å². The molecular weight excluding hydrogens is 320 g/mol. The first-order valence-electron chi connectivity index (χ1n) is 6.85. The molecule has 1 amide bonds. The second-order valence-corrected chi connectivity index (χ2v) is 5.20. The van der Waals surface area contributed by atoms with Gasteiger partial charge in [0, 0.05) is 16.1 Å². The van der Waals surface area contributed by atoms with E-state index in [1.54, 1.807) is 24.3 Å². The maximum Gasteiger partial charge on any atom is 0.271 e. The van der Waals surface area contributed by atoms with Gasteiger partial charge >= 0.3 is 0 Å². The summed E-state index contributed by atoms with van der Waals surface area (Å²) in [6, 6.07) is 9.44. The first-order chi connectivity index (χ1) is 11.1. The number of phenolic OH excluding ortho intramolecular Hbond substituents is 1. The zero-order chi connectivity index (χ0) is 16.2. The molecule has 0 atom stereocenters. The number of halogens is 1. The number of phenols is 1. The van der Waals surface area contributed by atoms with Crippen molar-refractivity contribution in [2.75, 3.05) is 13.2 Å². The Kier molecular flexibility index (Phi) is 4.34. The van der Waals surface area contributed by atoms with Crippen LogP contribution in [0.4, 0.5) is 0 Å². The molecular formula is C16H13ClN2O4. The summed E-state index contributed by atoms with van der Waals surface area (Å²) in [5.74, 6) is 0.756. The van der Waals surface area contributed by atoms with Crippen LogP contribution in [0.2, 0.25) is 5.02 Å². The molecule has 118 valence electrons. The predicted molar refractivity (Wildman–Crippen MR) is 85.6 cm³/mol. The number of fused-ring (bicyclic) bond motifs is 1. The van der Waals surface area contributed by atoms with Crippen molar-refractivity contribution in [2.24, 2.45) is 5.10 Å². The Bertz CT molecular complexity index is 777. The van der Waals surface area contributed by atoms with Gasteiger partial charge in [0.15, 0.2) is 11.5 Å². The molecule has 1 aliphatic rings. The molecule has 23 heavy (non-hydrogen) atoms. The summed E-state index contributed by atoms with van der Waals surface area (Å²) < 4.78 is 10.8. The Morgan fingerprint density at radius 3 is 2.78 bits per heavy atom. The summed E-state index contributed by atoms with van der Waals surface area (Å²) in [6.45, 7) is 0.941. The zero-order valence-corrected chi connectivity index (χ0v) is 12.7. The second-order valence-electron chi connectivity index (χ2n) is 4.76. The molecule has 1 aliphatic heterocycles. The molecule has 0 unspecified atom stereocenters. The molecule has 0 aliphatic carbocycles. The van der Waals surface area contributed by atoms with Crippen molar-refractivity contribution in [1.29, 1.82) is 0 Å². The Hall–Kier alpha value is -2.73. The van der Waals surface area contributed by atoms with Crippen molar-refractivity contribution in [2.45, 2.75) is 0 Å². The van der Waals surface area contributed by atoms with Gasteiger partial charge in [-0.1, -0.05) is 11.6 Å². The van der Waals surface area contributed by atoms with E-state index >= 15 is 0 Å². The number of ether oxygens (including phenoxy) is 2. The number of amides is 1. The first-order valence-corrected chi connectivity index (χ1v) is 7.23. The third-order valence-corrected chi connectivity index (χ3v) is 3.40. The fourth-order valence-electron chi connectivity index (χ4n) is 2.04. The van der Waals surface area contributed by atoms with E-state index in [-0.39, 0.29) is 5.75 Å². The highest BCUT2D eigenvalue weighted by atomic mass is 35.5. The Labute approximate surface area is 137 Å². The van der Waals surface area contributed by atoms with Gasteiger partial charge in [0.05, 0.1) is 6.21 Å². The van der Waals surface area contributed by atoms with Gasteiger partial charge in [0.2, 0.25) is 0 Å². The number of carbonyl (C=O) groups is 1. The van der Waals surface area contributed by atoms with Gasteiger partial charge in [-0.3, -0.25) is 4.79 Å². The van der Waals surface area contributed by atoms with E-state index in [9.17, 15) is 9.90 Å². The summed E-state index contributed by atoms with van der Waals surface area (Å²) in [4.78, 5) is 12.1. The summed E-state index contributed by atoms with van der Waals surface area (Å²) in [5.41, 5.74) is 3.17. The highest BCUT2D eigenvalue weighted by molar-refractivity contribution is 6.30. The number of nitrogens with one attached hydrogen (secondary N) is 1. The lowest BCUT2D eigenvalue weighted by Crippen LogP contribution is -2.19. The molecule has 2 aromatic rings. The van der Waals surface area contributed by atoms with Crippen LogP contribution in [0.1, 0.15) is 15.9 Å². The molecule has 0 saturated carbocycles. The maximum absolute atomic E-state index is 12.1. The average molecular weight is 333 g/mol. The summed E-state index contributed by atoms with van der Waals surface area (Å²) >= 11 is 5.84. The van der Waals surface area contributed by atoms with Gasteiger partial charge in [-0.15, -0.1) is 0 Å². The third kappa shape index (κ3) is 3.54. The predicted octanol–water partition coefficient (Wildman–Crippen LogP) is 2.58. The monoisotopic (exact) mass is 332 g/mol. The Morgan fingerprint density at radius 2 is 1.96 bits per heavy atom. The van der Waals surface area contributed by atoms with E-state index < -0.39 is 5.91 Å². The van der Waals surface area contributed by atoms with Crippen LogP contribution < -0.4 is 14.9 Å². The molecule has 0 bridgehead atoms. The van der Waals surface area contributed by atoms with E-state index in [0.717, 1.165) is 0 Å². The van der Waals surface area contributed by atoms with Gasteiger partial charge in [0.25, 0.3) is 5.91 Å². The lowest BCUT2D eigenvalue weighted by Gasteiger charge is -2.18. The van der Waals surface area contributed by atoms with Crippen molar-refractivity contribution >= 4 is 23.7 Å². The van der Waals surface area contributed by atoms with Gasteiger partial charge in [0.1, 0.15) is 19.0 Å². The minimum absolute atomic E-state index is 0.0201. The number of rotatable bonds is 3. The molecule has 7 heteroatoms. The van der Waals surface area contributed by atoms with Crippen LogP contribution in [-0.2, 0) is 0 Å². The minimum Gasteiger partial charge on any atom is -0.507 e. The van der Waals surface area contributed by atoms with Crippen LogP contribution in [-0.4, -0.2) is 30.4 Å². The number of hydrogen-bond acceptors (Lipinski definition) is 5. The summed E-state index contributed by atoms with van der Waals surface area (Å²) in [7, 11) is 0. The zero-order valence-electron chi connectivity index (χ0n) is 12.0. The largest absolute Gasteiger partial charge is 0.507 e. The molecule has 0 saturated heterocycles. The first kappa shape index (κ1) is 15.2. The van der Waals surface area contributed by atoms with Gasteiger partial charge in [-0.05, 0) is 36.4 Å². The van der Waals surface area contributed by atoms with Crippen LogP contribution in [0.15, 0.2) is 41.5 Å². The van der Waals surface area contributed by atoms with Gasteiger partial charge in [-0.2, -0.15) is 5.10 Å². The average Bonchev–Trinajstić information content (AvgIpc) is 2.57. The Balaban J connectivity index is 1.69. The molecule has 2 aromatic carbocycles. The van der Waals surface area contributed by atoms with Crippen molar-refractivity contribution in [3.05, 3.63) is 52.5 Å². The quantitative estimate of drug-likeness (QED) is 0.668. The number of benzene rings is 2. The van der Waals surface area contributed by atoms with Crippen LogP contribution in [0.3, 0.4) is 0 Å². The van der Waals surface area contributed by atoms with Crippen LogP contribution >= 0.6 is 11.6 Å². The van der Waals surface area contributed by atoms with Gasteiger partial charge < -0.3 is 14.6 Å². The third-order valence-electron chi connectivity index (χ3n) is 3.16. The number of hydrogen-bond donors (Lipinski definition) is 2. The highest BCUT2D eigenvalue weighted by Crippen LogP contribution is 2.30. The number of hydrazone groups is 1. The number of carbonyl (C=O) groups excluding carboxylic acids is 1. The molecule has 6 nitrogen and oxygen atoms in total. The van der Waals surface area contributed by atoms with Crippen LogP contribution in [0.5, 0.6) is 17.2 Å². The fraction of sp³-hybridized carbons (Fsp3) is 0.125. The lowest BCUT2D eigenvalue weighted by molar-refractivity contribution is 0.0954. The number of aromatic hydroxyl groups is 1. The molecule has 0 aromatic heterocycles. The molecule has 0 radical (unpaired) electrons. The van der Waals surface area contributed by atoms with E-state index in [2.05, 4.69) is 10.5 Å².